The summed E-state index contributed by atoms with van der Waals surface area (Å²) >= 11 is 0. The molecule has 0 fully saturated rings. The highest BCUT2D eigenvalue weighted by atomic mass is 19.1. The summed E-state index contributed by atoms with van der Waals surface area (Å²) in [5.41, 5.74) is 1.44. The van der Waals surface area contributed by atoms with E-state index in [0.717, 1.165) is 0 Å². The third-order valence-corrected chi connectivity index (χ3v) is 3.81. The van der Waals surface area contributed by atoms with Crippen molar-refractivity contribution in [2.75, 3.05) is 24.4 Å². The summed E-state index contributed by atoms with van der Waals surface area (Å²) in [4.78, 5) is 13.8. The topological polar surface area (TPSA) is 67.3 Å². The number of aromatic nitrogens is 2. The lowest BCUT2D eigenvalue weighted by Gasteiger charge is -2.18. The zero-order valence-corrected chi connectivity index (χ0v) is 14.3. The van der Waals surface area contributed by atoms with Gasteiger partial charge >= 0.3 is 6.03 Å². The van der Waals surface area contributed by atoms with Crippen LogP contribution >= 0.6 is 0 Å². The van der Waals surface area contributed by atoms with Crippen LogP contribution in [0.5, 0.6) is 5.75 Å². The summed E-state index contributed by atoms with van der Waals surface area (Å²) < 4.78 is 18.9. The van der Waals surface area contributed by atoms with Crippen molar-refractivity contribution >= 4 is 17.5 Å². The van der Waals surface area contributed by atoms with Crippen LogP contribution in [0.2, 0.25) is 0 Å². The summed E-state index contributed by atoms with van der Waals surface area (Å²) in [6.45, 7) is 0. The van der Waals surface area contributed by atoms with Gasteiger partial charge in [0.25, 0.3) is 0 Å². The molecule has 3 aromatic rings. The number of rotatable bonds is 4. The average molecular weight is 352 g/mol. The molecule has 2 amide bonds. The van der Waals surface area contributed by atoms with E-state index in [1.54, 1.807) is 68.8 Å². The molecule has 1 aromatic heterocycles. The van der Waals surface area contributed by atoms with E-state index in [2.05, 4.69) is 15.5 Å². The average Bonchev–Trinajstić information content (AvgIpc) is 2.68. The minimum absolute atomic E-state index is 0.274. The molecule has 26 heavy (non-hydrogen) atoms. The van der Waals surface area contributed by atoms with Crippen LogP contribution < -0.4 is 15.0 Å². The molecule has 0 saturated heterocycles. The smallest absolute Gasteiger partial charge is 0.327 e. The highest BCUT2D eigenvalue weighted by Gasteiger charge is 2.13. The summed E-state index contributed by atoms with van der Waals surface area (Å²) in [7, 11) is 3.22. The van der Waals surface area contributed by atoms with Gasteiger partial charge in [-0.15, -0.1) is 10.2 Å². The Labute approximate surface area is 150 Å². The molecule has 2 aromatic carbocycles. The molecule has 0 spiro atoms. The number of amides is 2. The predicted molar refractivity (Wildman–Crippen MR) is 97.8 cm³/mol. The van der Waals surface area contributed by atoms with Crippen LogP contribution in [0.25, 0.3) is 11.3 Å². The maximum Gasteiger partial charge on any atom is 0.327 e. The van der Waals surface area contributed by atoms with Crippen molar-refractivity contribution in [1.29, 1.82) is 0 Å². The minimum atomic E-state index is -0.377. The molecule has 0 radical (unpaired) electrons. The predicted octanol–water partition coefficient (Wildman–Crippen LogP) is 3.96. The highest BCUT2D eigenvalue weighted by molar-refractivity contribution is 6.00. The molecule has 1 heterocycles. The van der Waals surface area contributed by atoms with Gasteiger partial charge in [-0.25, -0.2) is 9.18 Å². The number of methoxy groups -OCH3 is 1. The standard InChI is InChI=1S/C19H17FN4O2/c1-24(13-7-9-14(26-2)10-8-13)19(25)21-18-12-11-17(22-23-18)15-5-3-4-6-16(15)20/h3-12H,1-2H3,(H,21,23,25). The van der Waals surface area contributed by atoms with E-state index in [-0.39, 0.29) is 17.7 Å². The molecule has 1 N–H and O–H groups in total. The lowest BCUT2D eigenvalue weighted by Crippen LogP contribution is -2.31. The fourth-order valence-corrected chi connectivity index (χ4v) is 2.33. The van der Waals surface area contributed by atoms with Crippen molar-refractivity contribution in [3.63, 3.8) is 0 Å². The van der Waals surface area contributed by atoms with E-state index in [1.807, 2.05) is 0 Å². The molecule has 0 atom stereocenters. The molecular weight excluding hydrogens is 335 g/mol. The second kappa shape index (κ2) is 7.60. The third-order valence-electron chi connectivity index (χ3n) is 3.81. The second-order valence-corrected chi connectivity index (χ2v) is 5.47. The summed E-state index contributed by atoms with van der Waals surface area (Å²) in [5.74, 6) is 0.602. The summed E-state index contributed by atoms with van der Waals surface area (Å²) in [6, 6.07) is 16.2. The summed E-state index contributed by atoms with van der Waals surface area (Å²) in [6.07, 6.45) is 0. The van der Waals surface area contributed by atoms with Crippen molar-refractivity contribution in [3.8, 4) is 17.0 Å². The largest absolute Gasteiger partial charge is 0.497 e. The zero-order chi connectivity index (χ0) is 18.5. The van der Waals surface area contributed by atoms with Gasteiger partial charge in [0.15, 0.2) is 5.82 Å². The van der Waals surface area contributed by atoms with Crippen molar-refractivity contribution < 1.29 is 13.9 Å². The van der Waals surface area contributed by atoms with Crippen molar-refractivity contribution in [3.05, 3.63) is 66.5 Å². The SMILES string of the molecule is COc1ccc(N(C)C(=O)Nc2ccc(-c3ccccc3F)nn2)cc1. The number of hydrogen-bond donors (Lipinski definition) is 1. The van der Waals surface area contributed by atoms with Crippen LogP contribution in [0.4, 0.5) is 20.7 Å². The molecule has 6 nitrogen and oxygen atoms in total. The Hall–Kier alpha value is -3.48. The van der Waals surface area contributed by atoms with Crippen molar-refractivity contribution in [2.45, 2.75) is 0 Å². The first kappa shape index (κ1) is 17.3. The van der Waals surface area contributed by atoms with Gasteiger partial charge in [0, 0.05) is 18.3 Å². The van der Waals surface area contributed by atoms with Crippen molar-refractivity contribution in [1.82, 2.24) is 10.2 Å². The fraction of sp³-hybridized carbons (Fsp3) is 0.105. The van der Waals surface area contributed by atoms with E-state index in [9.17, 15) is 9.18 Å². The first-order chi connectivity index (χ1) is 12.6. The maximum absolute atomic E-state index is 13.8. The van der Waals surface area contributed by atoms with Gasteiger partial charge in [-0.05, 0) is 48.5 Å². The van der Waals surface area contributed by atoms with Crippen LogP contribution in [0.3, 0.4) is 0 Å². The lowest BCUT2D eigenvalue weighted by molar-refractivity contribution is 0.258. The Morgan fingerprint density at radius 2 is 1.77 bits per heavy atom. The normalized spacial score (nSPS) is 10.3. The molecule has 0 aliphatic carbocycles. The molecule has 7 heteroatoms. The van der Waals surface area contributed by atoms with Crippen LogP contribution in [0.15, 0.2) is 60.7 Å². The molecule has 0 saturated carbocycles. The number of nitrogens with one attached hydrogen (secondary N) is 1. The first-order valence-corrected chi connectivity index (χ1v) is 7.86. The molecule has 0 unspecified atom stereocenters. The number of hydrogen-bond acceptors (Lipinski definition) is 4. The monoisotopic (exact) mass is 352 g/mol. The molecule has 0 bridgehead atoms. The van der Waals surface area contributed by atoms with Crippen LogP contribution in [0.1, 0.15) is 0 Å². The Morgan fingerprint density at radius 1 is 1.04 bits per heavy atom. The Balaban J connectivity index is 1.70. The molecule has 0 aliphatic heterocycles. The Kier molecular flexibility index (Phi) is 5.07. The Morgan fingerprint density at radius 3 is 2.38 bits per heavy atom. The van der Waals surface area contributed by atoms with Crippen LogP contribution in [0, 0.1) is 5.82 Å². The highest BCUT2D eigenvalue weighted by Crippen LogP contribution is 2.21. The van der Waals surface area contributed by atoms with Crippen LogP contribution in [-0.4, -0.2) is 30.4 Å². The van der Waals surface area contributed by atoms with E-state index in [1.165, 1.54) is 11.0 Å². The maximum atomic E-state index is 13.8. The van der Waals surface area contributed by atoms with E-state index >= 15 is 0 Å². The van der Waals surface area contributed by atoms with Gasteiger partial charge in [0.1, 0.15) is 11.6 Å². The van der Waals surface area contributed by atoms with Gasteiger partial charge in [-0.1, -0.05) is 12.1 Å². The van der Waals surface area contributed by atoms with Gasteiger partial charge in [0.05, 0.1) is 12.8 Å². The number of halogens is 1. The number of carbonyl (C=O) groups excluding carboxylic acids is 1. The first-order valence-electron chi connectivity index (χ1n) is 7.86. The lowest BCUT2D eigenvalue weighted by atomic mass is 10.1. The minimum Gasteiger partial charge on any atom is -0.497 e. The van der Waals surface area contributed by atoms with E-state index in [4.69, 9.17) is 4.74 Å². The fourth-order valence-electron chi connectivity index (χ4n) is 2.33. The molecule has 132 valence electrons. The molecular formula is C19H17FN4O2. The third kappa shape index (κ3) is 3.77. The van der Waals surface area contributed by atoms with Gasteiger partial charge in [-0.2, -0.15) is 0 Å². The number of ether oxygens (including phenoxy) is 1. The Bertz CT molecular complexity index is 898. The van der Waals surface area contributed by atoms with Gasteiger partial charge < -0.3 is 4.74 Å². The molecule has 0 aliphatic rings. The summed E-state index contributed by atoms with van der Waals surface area (Å²) in [5, 5.41) is 10.6. The van der Waals surface area contributed by atoms with Gasteiger partial charge in [-0.3, -0.25) is 10.2 Å². The molecule has 3 rings (SSSR count). The number of urea groups is 1. The van der Waals surface area contributed by atoms with Crippen LogP contribution in [-0.2, 0) is 0 Å². The number of carbonyl (C=O) groups is 1. The van der Waals surface area contributed by atoms with E-state index in [0.29, 0.717) is 22.7 Å². The number of nitrogens with zero attached hydrogens (tertiary/aromatic N) is 3. The quantitative estimate of drug-likeness (QED) is 0.772. The second-order valence-electron chi connectivity index (χ2n) is 5.47. The number of benzene rings is 2. The zero-order valence-electron chi connectivity index (χ0n) is 14.3. The van der Waals surface area contributed by atoms with E-state index < -0.39 is 0 Å². The number of anilines is 2. The van der Waals surface area contributed by atoms with Gasteiger partial charge in [0.2, 0.25) is 0 Å². The van der Waals surface area contributed by atoms with Crippen molar-refractivity contribution in [2.24, 2.45) is 0 Å².